The zero-order valence-corrected chi connectivity index (χ0v) is 17.1. The molecule has 6 nitrogen and oxygen atoms in total. The van der Waals surface area contributed by atoms with Crippen LogP contribution in [0.15, 0.2) is 33.8 Å². The fraction of sp³-hybridized carbons (Fsp3) is 0.438. The van der Waals surface area contributed by atoms with Gasteiger partial charge in [0, 0.05) is 29.6 Å². The van der Waals surface area contributed by atoms with Crippen molar-refractivity contribution in [2.45, 2.75) is 33.2 Å². The third-order valence-corrected chi connectivity index (χ3v) is 3.15. The van der Waals surface area contributed by atoms with Crippen molar-refractivity contribution in [1.82, 2.24) is 20.8 Å². The fourth-order valence-electron chi connectivity index (χ4n) is 1.96. The minimum atomic E-state index is 0. The number of halogens is 2. The number of aliphatic imine (C=N–C) groups is 1. The van der Waals surface area contributed by atoms with Gasteiger partial charge < -0.3 is 15.2 Å². The van der Waals surface area contributed by atoms with Crippen LogP contribution in [0.25, 0.3) is 11.4 Å². The molecule has 0 fully saturated rings. The molecule has 0 aliphatic carbocycles. The van der Waals surface area contributed by atoms with Crippen LogP contribution in [-0.2, 0) is 6.42 Å². The van der Waals surface area contributed by atoms with Gasteiger partial charge in [-0.1, -0.05) is 28.9 Å². The Balaban J connectivity index is 0.00000288. The van der Waals surface area contributed by atoms with Crippen LogP contribution in [0.4, 0.5) is 0 Å². The predicted molar refractivity (Wildman–Crippen MR) is 108 cm³/mol. The quantitative estimate of drug-likeness (QED) is 0.389. The van der Waals surface area contributed by atoms with Gasteiger partial charge in [-0.15, -0.1) is 24.0 Å². The van der Waals surface area contributed by atoms with Gasteiger partial charge in [0.2, 0.25) is 11.7 Å². The second-order valence-electron chi connectivity index (χ2n) is 5.33. The van der Waals surface area contributed by atoms with Crippen molar-refractivity contribution in [3.8, 4) is 11.4 Å². The Morgan fingerprint density at radius 3 is 2.83 bits per heavy atom. The highest BCUT2D eigenvalue weighted by atomic mass is 127. The molecule has 24 heavy (non-hydrogen) atoms. The normalized spacial score (nSPS) is 11.3. The first-order valence-corrected chi connectivity index (χ1v) is 8.09. The lowest BCUT2D eigenvalue weighted by Gasteiger charge is -2.13. The van der Waals surface area contributed by atoms with E-state index in [4.69, 9.17) is 16.1 Å². The Labute approximate surface area is 164 Å². The van der Waals surface area contributed by atoms with Gasteiger partial charge in [0.15, 0.2) is 5.96 Å². The van der Waals surface area contributed by atoms with E-state index in [1.165, 1.54) is 0 Å². The Kier molecular flexibility index (Phi) is 9.05. The maximum absolute atomic E-state index is 5.97. The number of guanidine groups is 1. The molecule has 1 heterocycles. The summed E-state index contributed by atoms with van der Waals surface area (Å²) in [5.74, 6) is 1.89. The fourth-order valence-corrected chi connectivity index (χ4v) is 2.15. The molecule has 2 rings (SSSR count). The lowest BCUT2D eigenvalue weighted by molar-refractivity contribution is 0.380. The summed E-state index contributed by atoms with van der Waals surface area (Å²) >= 11 is 5.97. The Morgan fingerprint density at radius 1 is 1.38 bits per heavy atom. The summed E-state index contributed by atoms with van der Waals surface area (Å²) in [5, 5.41) is 11.1. The van der Waals surface area contributed by atoms with Crippen LogP contribution in [-0.4, -0.2) is 35.2 Å². The molecule has 0 amide bonds. The molecular weight excluding hydrogens is 441 g/mol. The van der Waals surface area contributed by atoms with Crippen molar-refractivity contribution >= 4 is 41.5 Å². The minimum absolute atomic E-state index is 0. The Hall–Kier alpha value is -1.35. The number of aromatic nitrogens is 2. The standard InChI is InChI=1S/C16H22ClN5O.HI/c1-4-18-16(20-11(2)3)19-9-8-14-21-15(22-23-14)12-6-5-7-13(17)10-12;/h5-7,10-11H,4,8-9H2,1-3H3,(H2,18,19,20);1H. The highest BCUT2D eigenvalue weighted by molar-refractivity contribution is 14.0. The minimum Gasteiger partial charge on any atom is -0.357 e. The van der Waals surface area contributed by atoms with E-state index in [2.05, 4.69) is 39.6 Å². The van der Waals surface area contributed by atoms with Gasteiger partial charge >= 0.3 is 0 Å². The third-order valence-electron chi connectivity index (χ3n) is 2.92. The van der Waals surface area contributed by atoms with Crippen LogP contribution in [0, 0.1) is 0 Å². The van der Waals surface area contributed by atoms with Crippen molar-refractivity contribution in [2.24, 2.45) is 4.99 Å². The average Bonchev–Trinajstić information content (AvgIpc) is 2.96. The van der Waals surface area contributed by atoms with Gasteiger partial charge in [0.05, 0.1) is 6.54 Å². The predicted octanol–water partition coefficient (Wildman–Crippen LogP) is 3.51. The van der Waals surface area contributed by atoms with E-state index in [9.17, 15) is 0 Å². The van der Waals surface area contributed by atoms with Crippen molar-refractivity contribution < 1.29 is 4.52 Å². The smallest absolute Gasteiger partial charge is 0.228 e. The van der Waals surface area contributed by atoms with Gasteiger partial charge in [0.1, 0.15) is 0 Å². The molecule has 0 saturated carbocycles. The van der Waals surface area contributed by atoms with Crippen molar-refractivity contribution in [3.05, 3.63) is 35.2 Å². The van der Waals surface area contributed by atoms with E-state index in [1.807, 2.05) is 31.2 Å². The van der Waals surface area contributed by atoms with E-state index in [0.29, 0.717) is 35.7 Å². The molecule has 0 atom stereocenters. The Morgan fingerprint density at radius 2 is 2.17 bits per heavy atom. The summed E-state index contributed by atoms with van der Waals surface area (Å²) < 4.78 is 5.27. The number of hydrogen-bond acceptors (Lipinski definition) is 4. The first-order chi connectivity index (χ1) is 11.1. The van der Waals surface area contributed by atoms with Crippen LogP contribution in [0.1, 0.15) is 26.7 Å². The molecule has 0 aliphatic rings. The molecule has 1 aromatic carbocycles. The van der Waals surface area contributed by atoms with E-state index < -0.39 is 0 Å². The topological polar surface area (TPSA) is 75.3 Å². The summed E-state index contributed by atoms with van der Waals surface area (Å²) in [6.07, 6.45) is 0.586. The second-order valence-corrected chi connectivity index (χ2v) is 5.77. The van der Waals surface area contributed by atoms with Gasteiger partial charge in [-0.25, -0.2) is 0 Å². The molecule has 2 N–H and O–H groups in total. The molecule has 0 aliphatic heterocycles. The van der Waals surface area contributed by atoms with Crippen molar-refractivity contribution in [3.63, 3.8) is 0 Å². The summed E-state index contributed by atoms with van der Waals surface area (Å²) in [4.78, 5) is 8.87. The van der Waals surface area contributed by atoms with Crippen LogP contribution in [0.5, 0.6) is 0 Å². The zero-order valence-electron chi connectivity index (χ0n) is 14.0. The van der Waals surface area contributed by atoms with Crippen molar-refractivity contribution in [1.29, 1.82) is 0 Å². The monoisotopic (exact) mass is 463 g/mol. The molecular formula is C16H23ClIN5O. The first-order valence-electron chi connectivity index (χ1n) is 7.72. The zero-order chi connectivity index (χ0) is 16.7. The van der Waals surface area contributed by atoms with Crippen LogP contribution in [0.3, 0.4) is 0 Å². The highest BCUT2D eigenvalue weighted by Gasteiger charge is 2.09. The van der Waals surface area contributed by atoms with Crippen LogP contribution >= 0.6 is 35.6 Å². The number of rotatable bonds is 6. The molecule has 132 valence electrons. The summed E-state index contributed by atoms with van der Waals surface area (Å²) in [7, 11) is 0. The SMILES string of the molecule is CCNC(=NCCc1nc(-c2cccc(Cl)c2)no1)NC(C)C.I. The van der Waals surface area contributed by atoms with E-state index in [-0.39, 0.29) is 24.0 Å². The van der Waals surface area contributed by atoms with Crippen LogP contribution < -0.4 is 10.6 Å². The lowest BCUT2D eigenvalue weighted by Crippen LogP contribution is -2.41. The van der Waals surface area contributed by atoms with Gasteiger partial charge in [-0.2, -0.15) is 4.98 Å². The first kappa shape index (κ1) is 20.7. The molecule has 0 saturated heterocycles. The molecule has 0 bridgehead atoms. The van der Waals surface area contributed by atoms with Crippen LogP contribution in [0.2, 0.25) is 5.02 Å². The van der Waals surface area contributed by atoms with Gasteiger partial charge in [0.25, 0.3) is 0 Å². The molecule has 0 radical (unpaired) electrons. The third kappa shape index (κ3) is 6.64. The largest absolute Gasteiger partial charge is 0.357 e. The van der Waals surface area contributed by atoms with E-state index >= 15 is 0 Å². The van der Waals surface area contributed by atoms with E-state index in [1.54, 1.807) is 0 Å². The Bertz CT molecular complexity index is 659. The summed E-state index contributed by atoms with van der Waals surface area (Å²) in [5.41, 5.74) is 0.839. The second kappa shape index (κ2) is 10.5. The number of nitrogens with zero attached hydrogens (tertiary/aromatic N) is 3. The lowest BCUT2D eigenvalue weighted by atomic mass is 10.2. The highest BCUT2D eigenvalue weighted by Crippen LogP contribution is 2.19. The number of benzene rings is 1. The maximum atomic E-state index is 5.97. The molecule has 2 aromatic rings. The number of hydrogen-bond donors (Lipinski definition) is 2. The molecule has 0 unspecified atom stereocenters. The summed E-state index contributed by atoms with van der Waals surface area (Å²) in [6.45, 7) is 7.56. The van der Waals surface area contributed by atoms with E-state index in [0.717, 1.165) is 18.1 Å². The maximum Gasteiger partial charge on any atom is 0.228 e. The van der Waals surface area contributed by atoms with Crippen molar-refractivity contribution in [2.75, 3.05) is 13.1 Å². The average molecular weight is 464 g/mol. The van der Waals surface area contributed by atoms with Gasteiger partial charge in [-0.05, 0) is 32.9 Å². The van der Waals surface area contributed by atoms with Gasteiger partial charge in [-0.3, -0.25) is 4.99 Å². The molecule has 1 aromatic heterocycles. The summed E-state index contributed by atoms with van der Waals surface area (Å²) in [6, 6.07) is 7.70. The molecule has 8 heteroatoms. The molecule has 0 spiro atoms. The number of nitrogens with one attached hydrogen (secondary N) is 2.